The predicted molar refractivity (Wildman–Crippen MR) is 80.6 cm³/mol. The molecule has 0 aliphatic carbocycles. The van der Waals surface area contributed by atoms with Gasteiger partial charge in [0, 0.05) is 5.02 Å². The number of rotatable bonds is 2. The first-order chi connectivity index (χ1) is 9.37. The molecule has 6 heteroatoms. The molecule has 0 bridgehead atoms. The maximum absolute atomic E-state index is 12.1. The monoisotopic (exact) mass is 315 g/mol. The molecular formula is C14H18ClNO3S. The quantitative estimate of drug-likeness (QED) is 0.609. The van der Waals surface area contributed by atoms with Gasteiger partial charge in [0.25, 0.3) is 0 Å². The number of carbonyl (C=O) groups excluding carboxylic acids is 1. The van der Waals surface area contributed by atoms with E-state index in [0.29, 0.717) is 18.1 Å². The lowest BCUT2D eigenvalue weighted by Crippen LogP contribution is -2.38. The Morgan fingerprint density at radius 2 is 2.20 bits per heavy atom. The van der Waals surface area contributed by atoms with Gasteiger partial charge in [0.1, 0.15) is 17.8 Å². The van der Waals surface area contributed by atoms with E-state index in [9.17, 15) is 4.79 Å². The number of hydrogen-bond acceptors (Lipinski definition) is 4. The van der Waals surface area contributed by atoms with Crippen molar-refractivity contribution in [2.75, 3.05) is 6.61 Å². The Morgan fingerprint density at radius 1 is 1.50 bits per heavy atom. The highest BCUT2D eigenvalue weighted by Crippen LogP contribution is 2.30. The van der Waals surface area contributed by atoms with E-state index in [2.05, 4.69) is 0 Å². The Bertz CT molecular complexity index is 490. The summed E-state index contributed by atoms with van der Waals surface area (Å²) >= 11 is 7.19. The summed E-state index contributed by atoms with van der Waals surface area (Å²) in [7, 11) is 0. The van der Waals surface area contributed by atoms with Crippen LogP contribution in [-0.4, -0.2) is 28.6 Å². The van der Waals surface area contributed by atoms with E-state index in [1.165, 1.54) is 4.31 Å². The van der Waals surface area contributed by atoms with E-state index in [1.54, 1.807) is 0 Å². The highest BCUT2D eigenvalue weighted by atomic mass is 35.5. The van der Waals surface area contributed by atoms with Crippen molar-refractivity contribution in [1.29, 1.82) is 0 Å². The van der Waals surface area contributed by atoms with Gasteiger partial charge in [-0.3, -0.25) is 4.18 Å². The molecule has 20 heavy (non-hydrogen) atoms. The van der Waals surface area contributed by atoms with Crippen molar-refractivity contribution in [2.24, 2.45) is 0 Å². The average molecular weight is 316 g/mol. The fraction of sp³-hybridized carbons (Fsp3) is 0.500. The van der Waals surface area contributed by atoms with Crippen molar-refractivity contribution >= 4 is 29.9 Å². The van der Waals surface area contributed by atoms with Gasteiger partial charge >= 0.3 is 6.09 Å². The topological polar surface area (TPSA) is 38.8 Å². The molecule has 1 unspecified atom stereocenters. The molecule has 1 fully saturated rings. The van der Waals surface area contributed by atoms with Gasteiger partial charge in [-0.1, -0.05) is 29.8 Å². The van der Waals surface area contributed by atoms with Crippen LogP contribution in [0, 0.1) is 0 Å². The minimum Gasteiger partial charge on any atom is -0.443 e. The molecule has 1 amide bonds. The first-order valence-corrected chi connectivity index (χ1v) is 7.49. The molecule has 0 spiro atoms. The summed E-state index contributed by atoms with van der Waals surface area (Å²) in [5, 5.41) is 0.702. The van der Waals surface area contributed by atoms with Crippen molar-refractivity contribution in [1.82, 2.24) is 4.31 Å². The summed E-state index contributed by atoms with van der Waals surface area (Å²) in [5.41, 5.74) is 0.480. The van der Waals surface area contributed by atoms with Crippen molar-refractivity contribution in [3.8, 4) is 0 Å². The minimum atomic E-state index is -0.519. The van der Waals surface area contributed by atoms with Crippen LogP contribution in [0.3, 0.4) is 0 Å². The SMILES string of the molecule is CC(C)(C)OC(=O)N1SOCC1Cc1ccccc1Cl. The zero-order valence-corrected chi connectivity index (χ0v) is 13.3. The molecule has 0 radical (unpaired) electrons. The number of nitrogens with zero attached hydrogens (tertiary/aromatic N) is 1. The van der Waals surface area contributed by atoms with Gasteiger partial charge in [-0.05, 0) is 38.8 Å². The van der Waals surface area contributed by atoms with Gasteiger partial charge in [-0.15, -0.1) is 0 Å². The van der Waals surface area contributed by atoms with Crippen LogP contribution in [0.2, 0.25) is 5.02 Å². The highest BCUT2D eigenvalue weighted by molar-refractivity contribution is 7.93. The standard InChI is InChI=1S/C14H18ClNO3S/c1-14(2,3)19-13(17)16-11(9-18-20-16)8-10-6-4-5-7-12(10)15/h4-7,11H,8-9H2,1-3H3. The Kier molecular flexibility index (Phi) is 4.83. The molecule has 1 aliphatic rings. The number of amides is 1. The summed E-state index contributed by atoms with van der Waals surface area (Å²) in [6.45, 7) is 6.00. The third-order valence-corrected chi connectivity index (χ3v) is 3.93. The second kappa shape index (κ2) is 6.24. The van der Waals surface area contributed by atoms with E-state index in [0.717, 1.165) is 17.8 Å². The molecule has 1 aliphatic heterocycles. The number of ether oxygens (including phenoxy) is 1. The summed E-state index contributed by atoms with van der Waals surface area (Å²) in [6, 6.07) is 7.55. The molecule has 1 aromatic carbocycles. The van der Waals surface area contributed by atoms with Crippen LogP contribution in [0.5, 0.6) is 0 Å². The Labute approximate surface area is 128 Å². The second-order valence-corrected chi connectivity index (χ2v) is 6.80. The zero-order chi connectivity index (χ0) is 14.8. The molecular weight excluding hydrogens is 298 g/mol. The molecule has 1 heterocycles. The third-order valence-electron chi connectivity index (χ3n) is 2.71. The highest BCUT2D eigenvalue weighted by Gasteiger charge is 2.35. The second-order valence-electron chi connectivity index (χ2n) is 5.61. The molecule has 110 valence electrons. The first-order valence-electron chi connectivity index (χ1n) is 6.42. The number of carbonyl (C=O) groups is 1. The molecule has 0 aromatic heterocycles. The van der Waals surface area contributed by atoms with Crippen LogP contribution < -0.4 is 0 Å². The van der Waals surface area contributed by atoms with Gasteiger partial charge in [0.15, 0.2) is 0 Å². The van der Waals surface area contributed by atoms with Crippen LogP contribution >= 0.6 is 23.8 Å². The Balaban J connectivity index is 2.04. The summed E-state index contributed by atoms with van der Waals surface area (Å²) in [5.74, 6) is 0. The van der Waals surface area contributed by atoms with Crippen LogP contribution in [0.25, 0.3) is 0 Å². The molecule has 4 nitrogen and oxygen atoms in total. The summed E-state index contributed by atoms with van der Waals surface area (Å²) in [4.78, 5) is 12.1. The Hall–Kier alpha value is -0.910. The van der Waals surface area contributed by atoms with Crippen LogP contribution in [0.15, 0.2) is 24.3 Å². The largest absolute Gasteiger partial charge is 0.443 e. The fourth-order valence-corrected chi connectivity index (χ4v) is 2.74. The van der Waals surface area contributed by atoms with Crippen LogP contribution in [-0.2, 0) is 15.3 Å². The van der Waals surface area contributed by atoms with Crippen LogP contribution in [0.4, 0.5) is 4.79 Å². The fourth-order valence-electron chi connectivity index (χ4n) is 1.84. The molecule has 1 saturated heterocycles. The van der Waals surface area contributed by atoms with Gasteiger partial charge in [-0.25, -0.2) is 9.10 Å². The maximum atomic E-state index is 12.1. The maximum Gasteiger partial charge on any atom is 0.422 e. The molecule has 1 aromatic rings. The number of benzene rings is 1. The van der Waals surface area contributed by atoms with Gasteiger partial charge in [-0.2, -0.15) is 0 Å². The van der Waals surface area contributed by atoms with Crippen molar-refractivity contribution in [3.63, 3.8) is 0 Å². The average Bonchev–Trinajstić information content (AvgIpc) is 2.78. The molecule has 1 atom stereocenters. The van der Waals surface area contributed by atoms with E-state index in [-0.39, 0.29) is 12.1 Å². The van der Waals surface area contributed by atoms with Crippen LogP contribution in [0.1, 0.15) is 26.3 Å². The molecule has 0 saturated carbocycles. The minimum absolute atomic E-state index is 0.0743. The molecule has 2 rings (SSSR count). The smallest absolute Gasteiger partial charge is 0.422 e. The number of hydrogen-bond donors (Lipinski definition) is 0. The normalized spacial score (nSPS) is 19.2. The first kappa shape index (κ1) is 15.5. The van der Waals surface area contributed by atoms with E-state index in [4.69, 9.17) is 20.5 Å². The van der Waals surface area contributed by atoms with E-state index in [1.807, 2.05) is 45.0 Å². The molecule has 0 N–H and O–H groups in total. The summed E-state index contributed by atoms with van der Waals surface area (Å²) in [6.07, 6.45) is 0.267. The lowest BCUT2D eigenvalue weighted by atomic mass is 10.1. The van der Waals surface area contributed by atoms with Gasteiger partial charge in [0.2, 0.25) is 0 Å². The third kappa shape index (κ3) is 4.04. The summed E-state index contributed by atoms with van der Waals surface area (Å²) < 4.78 is 12.2. The van der Waals surface area contributed by atoms with Crippen molar-refractivity contribution in [2.45, 2.75) is 38.8 Å². The lowest BCUT2D eigenvalue weighted by molar-refractivity contribution is 0.0368. The number of halogens is 1. The predicted octanol–water partition coefficient (Wildman–Crippen LogP) is 4.08. The van der Waals surface area contributed by atoms with Gasteiger partial charge < -0.3 is 4.74 Å². The van der Waals surface area contributed by atoms with Crippen molar-refractivity contribution < 1.29 is 13.7 Å². The zero-order valence-electron chi connectivity index (χ0n) is 11.8. The van der Waals surface area contributed by atoms with Crippen molar-refractivity contribution in [3.05, 3.63) is 34.9 Å². The Morgan fingerprint density at radius 3 is 2.85 bits per heavy atom. The lowest BCUT2D eigenvalue weighted by Gasteiger charge is -2.26. The van der Waals surface area contributed by atoms with Gasteiger partial charge in [0.05, 0.1) is 12.6 Å². The van der Waals surface area contributed by atoms with E-state index >= 15 is 0 Å². The van der Waals surface area contributed by atoms with E-state index < -0.39 is 5.60 Å².